The number of hydrogen-bond acceptors (Lipinski definition) is 7. The van der Waals surface area contributed by atoms with E-state index >= 15 is 0 Å². The number of rotatable bonds is 6. The van der Waals surface area contributed by atoms with Crippen molar-refractivity contribution in [3.05, 3.63) is 75.5 Å². The molecule has 0 aliphatic carbocycles. The normalized spacial score (nSPS) is 11.2. The molecule has 0 spiro atoms. The fourth-order valence-electron chi connectivity index (χ4n) is 2.89. The molecular formula is C20H17ClN6O4S2. The molecule has 10 nitrogen and oxygen atoms in total. The first-order chi connectivity index (χ1) is 15.7. The quantitative estimate of drug-likeness (QED) is 0.317. The lowest BCUT2D eigenvalue weighted by molar-refractivity contribution is 0.256. The van der Waals surface area contributed by atoms with E-state index in [0.717, 1.165) is 22.6 Å². The van der Waals surface area contributed by atoms with Gasteiger partial charge in [-0.05, 0) is 42.0 Å². The van der Waals surface area contributed by atoms with Crippen molar-refractivity contribution in [3.8, 4) is 17.1 Å². The van der Waals surface area contributed by atoms with E-state index in [1.54, 1.807) is 0 Å². The van der Waals surface area contributed by atoms with Crippen molar-refractivity contribution in [3.63, 3.8) is 0 Å². The molecule has 0 aliphatic heterocycles. The summed E-state index contributed by atoms with van der Waals surface area (Å²) in [7, 11) is -2.23. The van der Waals surface area contributed by atoms with Crippen molar-refractivity contribution >= 4 is 50.4 Å². The number of thiophene rings is 1. The first-order valence-corrected chi connectivity index (χ1v) is 12.1. The van der Waals surface area contributed by atoms with Crippen LogP contribution in [-0.2, 0) is 10.0 Å². The Hall–Kier alpha value is -3.61. The zero-order chi connectivity index (χ0) is 23.6. The molecule has 0 atom stereocenters. The maximum Gasteiger partial charge on any atom is 0.333 e. The Bertz CT molecular complexity index is 1460. The molecule has 0 radical (unpaired) electrons. The molecule has 2 amide bonds. The van der Waals surface area contributed by atoms with Gasteiger partial charge >= 0.3 is 6.03 Å². The summed E-state index contributed by atoms with van der Waals surface area (Å²) in [6.45, 7) is 0. The molecule has 33 heavy (non-hydrogen) atoms. The number of H-pyrrole nitrogens is 1. The summed E-state index contributed by atoms with van der Waals surface area (Å²) in [6.07, 6.45) is 1.30. The van der Waals surface area contributed by atoms with Gasteiger partial charge in [0.15, 0.2) is 5.82 Å². The van der Waals surface area contributed by atoms with Gasteiger partial charge in [-0.15, -0.1) is 11.3 Å². The topological polar surface area (TPSA) is 138 Å². The van der Waals surface area contributed by atoms with Crippen LogP contribution in [0.25, 0.3) is 17.1 Å². The van der Waals surface area contributed by atoms with E-state index in [4.69, 9.17) is 11.6 Å². The standard InChI is InChI=1S/C20H17ClN6O4S2/c1-22-13-4-2-12(3-5-13)15-10-18(28)27(25-15)17-8-6-14(11-23-17)24-20(29)26-33(30,31)19-9-7-16(21)32-19/h2-11,22,25H,1H3,(H2,24,26,29). The highest BCUT2D eigenvalue weighted by Gasteiger charge is 2.20. The Labute approximate surface area is 197 Å². The van der Waals surface area contributed by atoms with E-state index < -0.39 is 16.1 Å². The van der Waals surface area contributed by atoms with Gasteiger partial charge in [-0.3, -0.25) is 9.89 Å². The number of amides is 2. The monoisotopic (exact) mass is 504 g/mol. The SMILES string of the molecule is CNc1ccc(-c2cc(=O)n(-c3ccc(NC(=O)NS(=O)(=O)c4ccc(Cl)s4)cn3)[nH]2)cc1. The first-order valence-electron chi connectivity index (χ1n) is 9.41. The van der Waals surface area contributed by atoms with Gasteiger partial charge in [0.2, 0.25) is 0 Å². The van der Waals surface area contributed by atoms with Crippen LogP contribution in [0.2, 0.25) is 4.34 Å². The highest BCUT2D eigenvalue weighted by Crippen LogP contribution is 2.25. The van der Waals surface area contributed by atoms with Crippen LogP contribution in [-0.4, -0.2) is 36.3 Å². The smallest absolute Gasteiger partial charge is 0.333 e. The van der Waals surface area contributed by atoms with Crippen LogP contribution < -0.4 is 20.9 Å². The van der Waals surface area contributed by atoms with Crippen LogP contribution in [0.4, 0.5) is 16.2 Å². The predicted octanol–water partition coefficient (Wildman–Crippen LogP) is 3.49. The summed E-state index contributed by atoms with van der Waals surface area (Å²) in [5.41, 5.74) is 2.31. The van der Waals surface area contributed by atoms with Gasteiger partial charge in [0.05, 0.1) is 21.9 Å². The lowest BCUT2D eigenvalue weighted by Crippen LogP contribution is -2.34. The van der Waals surface area contributed by atoms with E-state index in [1.807, 2.05) is 36.0 Å². The zero-order valence-corrected chi connectivity index (χ0v) is 19.4. The van der Waals surface area contributed by atoms with Crippen molar-refractivity contribution in [2.75, 3.05) is 17.7 Å². The molecule has 4 rings (SSSR count). The molecule has 13 heteroatoms. The van der Waals surface area contributed by atoms with Crippen molar-refractivity contribution in [1.29, 1.82) is 0 Å². The number of aromatic nitrogens is 3. The van der Waals surface area contributed by atoms with Gasteiger partial charge in [-0.25, -0.2) is 27.6 Å². The fourth-order valence-corrected chi connectivity index (χ4v) is 5.28. The average molecular weight is 505 g/mol. The second kappa shape index (κ2) is 9.10. The molecule has 0 bridgehead atoms. The van der Waals surface area contributed by atoms with E-state index in [1.165, 1.54) is 41.2 Å². The third kappa shape index (κ3) is 5.08. The number of sulfonamides is 1. The zero-order valence-electron chi connectivity index (χ0n) is 17.0. The van der Waals surface area contributed by atoms with Crippen LogP contribution in [0.5, 0.6) is 0 Å². The number of carbonyl (C=O) groups excluding carboxylic acids is 1. The van der Waals surface area contributed by atoms with Gasteiger partial charge in [0.25, 0.3) is 15.6 Å². The number of carbonyl (C=O) groups is 1. The van der Waals surface area contributed by atoms with Crippen molar-refractivity contribution in [1.82, 2.24) is 19.5 Å². The second-order valence-electron chi connectivity index (χ2n) is 6.69. The highest BCUT2D eigenvalue weighted by atomic mass is 35.5. The molecule has 1 aromatic carbocycles. The van der Waals surface area contributed by atoms with Gasteiger partial charge in [0, 0.05) is 18.8 Å². The number of nitrogens with one attached hydrogen (secondary N) is 4. The van der Waals surface area contributed by atoms with Gasteiger partial charge in [-0.2, -0.15) is 0 Å². The van der Waals surface area contributed by atoms with E-state index in [-0.39, 0.29) is 19.8 Å². The Morgan fingerprint density at radius 2 is 1.82 bits per heavy atom. The highest BCUT2D eigenvalue weighted by molar-refractivity contribution is 7.92. The minimum atomic E-state index is -4.05. The van der Waals surface area contributed by atoms with E-state index in [2.05, 4.69) is 20.7 Å². The number of pyridine rings is 1. The summed E-state index contributed by atoms with van der Waals surface area (Å²) < 4.78 is 27.8. The Balaban J connectivity index is 1.46. The molecule has 4 aromatic rings. The molecule has 0 fully saturated rings. The number of anilines is 2. The molecule has 0 unspecified atom stereocenters. The Kier molecular flexibility index (Phi) is 6.22. The van der Waals surface area contributed by atoms with Crippen LogP contribution in [0.1, 0.15) is 0 Å². The Morgan fingerprint density at radius 3 is 2.42 bits per heavy atom. The molecule has 3 aromatic heterocycles. The van der Waals surface area contributed by atoms with Crippen molar-refractivity contribution < 1.29 is 13.2 Å². The minimum Gasteiger partial charge on any atom is -0.388 e. The van der Waals surface area contributed by atoms with Crippen LogP contribution in [0.15, 0.2) is 69.8 Å². The van der Waals surface area contributed by atoms with Gasteiger partial charge in [0.1, 0.15) is 4.21 Å². The van der Waals surface area contributed by atoms with E-state index in [0.29, 0.717) is 11.5 Å². The van der Waals surface area contributed by atoms with Crippen LogP contribution >= 0.6 is 22.9 Å². The number of halogens is 1. The molecule has 0 saturated carbocycles. The van der Waals surface area contributed by atoms with Crippen molar-refractivity contribution in [2.24, 2.45) is 0 Å². The summed E-state index contributed by atoms with van der Waals surface area (Å²) in [4.78, 5) is 28.7. The minimum absolute atomic E-state index is 0.0846. The number of benzene rings is 1. The largest absolute Gasteiger partial charge is 0.388 e. The van der Waals surface area contributed by atoms with Crippen LogP contribution in [0.3, 0.4) is 0 Å². The molecule has 3 heterocycles. The molecule has 0 saturated heterocycles. The predicted molar refractivity (Wildman–Crippen MR) is 128 cm³/mol. The number of hydrogen-bond donors (Lipinski definition) is 4. The second-order valence-corrected chi connectivity index (χ2v) is 10.3. The summed E-state index contributed by atoms with van der Waals surface area (Å²) in [6, 6.07) is 13.8. The number of urea groups is 1. The summed E-state index contributed by atoms with van der Waals surface area (Å²) >= 11 is 6.58. The average Bonchev–Trinajstić information content (AvgIpc) is 3.40. The third-order valence-electron chi connectivity index (χ3n) is 4.48. The number of aromatic amines is 1. The molecular weight excluding hydrogens is 488 g/mol. The molecule has 4 N–H and O–H groups in total. The van der Waals surface area contributed by atoms with Crippen molar-refractivity contribution in [2.45, 2.75) is 4.21 Å². The number of nitrogens with zero attached hydrogens (tertiary/aromatic N) is 2. The fraction of sp³-hybridized carbons (Fsp3) is 0.0500. The lowest BCUT2D eigenvalue weighted by atomic mass is 10.1. The lowest BCUT2D eigenvalue weighted by Gasteiger charge is -2.08. The van der Waals surface area contributed by atoms with Gasteiger partial charge in [-0.1, -0.05) is 23.7 Å². The Morgan fingerprint density at radius 1 is 1.09 bits per heavy atom. The van der Waals surface area contributed by atoms with Crippen LogP contribution in [0, 0.1) is 0 Å². The van der Waals surface area contributed by atoms with Gasteiger partial charge < -0.3 is 10.6 Å². The summed E-state index contributed by atoms with van der Waals surface area (Å²) in [5.74, 6) is 0.296. The first kappa shape index (κ1) is 22.6. The molecule has 170 valence electrons. The maximum absolute atomic E-state index is 12.4. The summed E-state index contributed by atoms with van der Waals surface area (Å²) in [5, 5.41) is 8.41. The molecule has 0 aliphatic rings. The van der Waals surface area contributed by atoms with E-state index in [9.17, 15) is 18.0 Å². The maximum atomic E-state index is 12.4. The third-order valence-corrected chi connectivity index (χ3v) is 7.53.